The molecule has 32 heavy (non-hydrogen) atoms. The molecule has 0 saturated heterocycles. The molecule has 0 amide bonds. The number of rotatable bonds is 9. The van der Waals surface area contributed by atoms with Crippen LogP contribution in [0.25, 0.3) is 0 Å². The lowest BCUT2D eigenvalue weighted by Crippen LogP contribution is -2.31. The van der Waals surface area contributed by atoms with Crippen molar-refractivity contribution in [2.45, 2.75) is 11.8 Å². The standard InChI is InChI=1S/C18H21ClN4O7S2/c1-12-10-13(19)4-6-16(12)20-21-23(3)17-7-5-14(11-15(17)18(24)25)32(29,30)22(2)8-9-31(26,27)28/h4-7,10-11H,8-9H2,1-3H3,(H,24,25)(H,26,27,28). The average molecular weight is 505 g/mol. The highest BCUT2D eigenvalue weighted by atomic mass is 35.5. The molecule has 0 aromatic heterocycles. The van der Waals surface area contributed by atoms with Gasteiger partial charge in [0.15, 0.2) is 0 Å². The summed E-state index contributed by atoms with van der Waals surface area (Å²) in [5, 5.41) is 19.3. The Bertz CT molecular complexity index is 1260. The maximum absolute atomic E-state index is 12.7. The van der Waals surface area contributed by atoms with Crippen LogP contribution >= 0.6 is 11.6 Å². The van der Waals surface area contributed by atoms with Gasteiger partial charge in [0.25, 0.3) is 10.1 Å². The molecular formula is C18H21ClN4O7S2. The fourth-order valence-electron chi connectivity index (χ4n) is 2.57. The van der Waals surface area contributed by atoms with Gasteiger partial charge in [-0.05, 0) is 48.9 Å². The van der Waals surface area contributed by atoms with Gasteiger partial charge in [0.2, 0.25) is 10.0 Å². The summed E-state index contributed by atoms with van der Waals surface area (Å²) in [5.41, 5.74) is 0.983. The van der Waals surface area contributed by atoms with E-state index in [0.717, 1.165) is 18.7 Å². The number of anilines is 1. The van der Waals surface area contributed by atoms with Gasteiger partial charge in [0, 0.05) is 25.7 Å². The van der Waals surface area contributed by atoms with E-state index in [1.807, 2.05) is 0 Å². The lowest BCUT2D eigenvalue weighted by atomic mass is 10.2. The van der Waals surface area contributed by atoms with E-state index in [4.69, 9.17) is 16.2 Å². The monoisotopic (exact) mass is 504 g/mol. The van der Waals surface area contributed by atoms with Gasteiger partial charge in [-0.15, -0.1) is 5.11 Å². The van der Waals surface area contributed by atoms with Gasteiger partial charge >= 0.3 is 5.97 Å². The normalized spacial score (nSPS) is 12.4. The molecule has 2 aromatic rings. The molecule has 0 aliphatic rings. The highest BCUT2D eigenvalue weighted by Gasteiger charge is 2.25. The third-order valence-electron chi connectivity index (χ3n) is 4.36. The highest BCUT2D eigenvalue weighted by Crippen LogP contribution is 2.27. The van der Waals surface area contributed by atoms with E-state index in [-0.39, 0.29) is 16.1 Å². The fraction of sp³-hybridized carbons (Fsp3) is 0.278. The van der Waals surface area contributed by atoms with Crippen molar-refractivity contribution in [3.05, 3.63) is 52.5 Å². The minimum Gasteiger partial charge on any atom is -0.478 e. The van der Waals surface area contributed by atoms with Crippen LogP contribution in [0.15, 0.2) is 51.6 Å². The van der Waals surface area contributed by atoms with Crippen LogP contribution in [-0.4, -0.2) is 63.2 Å². The predicted molar refractivity (Wildman–Crippen MR) is 119 cm³/mol. The molecule has 0 radical (unpaired) electrons. The summed E-state index contributed by atoms with van der Waals surface area (Å²) in [6.45, 7) is 1.26. The van der Waals surface area contributed by atoms with Gasteiger partial charge in [0.1, 0.15) is 0 Å². The van der Waals surface area contributed by atoms with E-state index in [1.165, 1.54) is 24.2 Å². The van der Waals surface area contributed by atoms with Gasteiger partial charge in [-0.25, -0.2) is 18.2 Å². The number of carboxylic acids is 1. The Morgan fingerprint density at radius 1 is 1.09 bits per heavy atom. The molecule has 14 heteroatoms. The van der Waals surface area contributed by atoms with Gasteiger partial charge in [-0.3, -0.25) is 4.55 Å². The number of halogens is 1. The minimum atomic E-state index is -4.37. The Balaban J connectivity index is 2.36. The Kier molecular flexibility index (Phi) is 7.96. The summed E-state index contributed by atoms with van der Waals surface area (Å²) in [4.78, 5) is 11.4. The van der Waals surface area contributed by atoms with Crippen LogP contribution in [0.3, 0.4) is 0 Å². The summed E-state index contributed by atoms with van der Waals surface area (Å²) >= 11 is 5.90. The van der Waals surface area contributed by atoms with Gasteiger partial charge in [0.05, 0.1) is 27.6 Å². The van der Waals surface area contributed by atoms with Crippen LogP contribution in [-0.2, 0) is 20.1 Å². The van der Waals surface area contributed by atoms with Crippen molar-refractivity contribution >= 4 is 49.1 Å². The van der Waals surface area contributed by atoms with Crippen molar-refractivity contribution in [1.29, 1.82) is 0 Å². The van der Waals surface area contributed by atoms with Gasteiger partial charge in [-0.1, -0.05) is 16.8 Å². The molecule has 0 aliphatic heterocycles. The van der Waals surface area contributed by atoms with Crippen molar-refractivity contribution in [3.8, 4) is 0 Å². The number of sulfonamides is 1. The molecule has 2 N–H and O–H groups in total. The number of aromatic carboxylic acids is 1. The van der Waals surface area contributed by atoms with Crippen LogP contribution in [0.5, 0.6) is 0 Å². The number of aryl methyl sites for hydroxylation is 1. The number of hydrogen-bond donors (Lipinski definition) is 2. The summed E-state index contributed by atoms with van der Waals surface area (Å²) in [6.07, 6.45) is 0. The second-order valence-corrected chi connectivity index (χ2v) is 10.8. The molecular weight excluding hydrogens is 484 g/mol. The van der Waals surface area contributed by atoms with E-state index in [9.17, 15) is 26.7 Å². The average Bonchev–Trinajstić information content (AvgIpc) is 2.69. The Labute approximate surface area is 190 Å². The molecule has 0 atom stereocenters. The van der Waals surface area contributed by atoms with Crippen molar-refractivity contribution in [2.24, 2.45) is 10.3 Å². The lowest BCUT2D eigenvalue weighted by molar-refractivity contribution is 0.0697. The predicted octanol–water partition coefficient (Wildman–Crippen LogP) is 2.99. The van der Waals surface area contributed by atoms with E-state index in [2.05, 4.69) is 10.3 Å². The first kappa shape index (κ1) is 25.7. The van der Waals surface area contributed by atoms with Crippen LogP contribution in [0.1, 0.15) is 15.9 Å². The second kappa shape index (κ2) is 9.92. The molecule has 0 bridgehead atoms. The molecule has 0 unspecified atom stereocenters. The largest absolute Gasteiger partial charge is 0.478 e. The third-order valence-corrected chi connectivity index (χ3v) is 7.15. The van der Waals surface area contributed by atoms with E-state index in [0.29, 0.717) is 15.0 Å². The number of benzene rings is 2. The van der Waals surface area contributed by atoms with Crippen molar-refractivity contribution in [3.63, 3.8) is 0 Å². The number of nitrogens with zero attached hydrogens (tertiary/aromatic N) is 4. The first-order valence-corrected chi connectivity index (χ1v) is 12.4. The Hall–Kier alpha value is -2.58. The highest BCUT2D eigenvalue weighted by molar-refractivity contribution is 7.89. The van der Waals surface area contributed by atoms with Crippen molar-refractivity contribution in [2.75, 3.05) is 31.4 Å². The smallest absolute Gasteiger partial charge is 0.337 e. The molecule has 174 valence electrons. The number of hydrogen-bond acceptors (Lipinski definition) is 7. The van der Waals surface area contributed by atoms with Gasteiger partial charge in [-0.2, -0.15) is 12.7 Å². The molecule has 2 aromatic carbocycles. The SMILES string of the molecule is Cc1cc(Cl)ccc1N=NN(C)c1ccc(S(=O)(=O)N(C)CCS(=O)(=O)O)cc1C(=O)O. The summed E-state index contributed by atoms with van der Waals surface area (Å²) in [6, 6.07) is 8.32. The zero-order chi connectivity index (χ0) is 24.3. The van der Waals surface area contributed by atoms with E-state index in [1.54, 1.807) is 25.1 Å². The molecule has 0 spiro atoms. The van der Waals surface area contributed by atoms with Crippen LogP contribution in [0, 0.1) is 6.92 Å². The zero-order valence-electron chi connectivity index (χ0n) is 17.3. The second-order valence-electron chi connectivity index (χ2n) is 6.74. The van der Waals surface area contributed by atoms with E-state index < -0.39 is 38.4 Å². The summed E-state index contributed by atoms with van der Waals surface area (Å²) in [7, 11) is -6.03. The maximum atomic E-state index is 12.7. The summed E-state index contributed by atoms with van der Waals surface area (Å²) < 4.78 is 56.6. The molecule has 0 fully saturated rings. The third kappa shape index (κ3) is 6.46. The molecule has 0 saturated carbocycles. The van der Waals surface area contributed by atoms with E-state index >= 15 is 0 Å². The number of carbonyl (C=O) groups is 1. The number of carboxylic acid groups (broad SMARTS) is 1. The first-order valence-electron chi connectivity index (χ1n) is 8.93. The zero-order valence-corrected chi connectivity index (χ0v) is 19.7. The molecule has 0 heterocycles. The minimum absolute atomic E-state index is 0.0763. The van der Waals surface area contributed by atoms with Crippen molar-refractivity contribution < 1.29 is 31.3 Å². The fourth-order valence-corrected chi connectivity index (χ4v) is 4.61. The molecule has 0 aliphatic carbocycles. The lowest BCUT2D eigenvalue weighted by Gasteiger charge is -2.19. The van der Waals surface area contributed by atoms with Crippen LogP contribution in [0.2, 0.25) is 5.02 Å². The quantitative estimate of drug-likeness (QED) is 0.299. The Morgan fingerprint density at radius 2 is 1.75 bits per heavy atom. The van der Waals surface area contributed by atoms with Gasteiger partial charge < -0.3 is 5.11 Å². The van der Waals surface area contributed by atoms with Crippen LogP contribution in [0.4, 0.5) is 11.4 Å². The van der Waals surface area contributed by atoms with Crippen molar-refractivity contribution in [1.82, 2.24) is 4.31 Å². The summed E-state index contributed by atoms with van der Waals surface area (Å²) in [5.74, 6) is -2.21. The first-order chi connectivity index (χ1) is 14.7. The maximum Gasteiger partial charge on any atom is 0.337 e. The van der Waals surface area contributed by atoms with Crippen LogP contribution < -0.4 is 5.01 Å². The molecule has 2 rings (SSSR count). The Morgan fingerprint density at radius 3 is 2.31 bits per heavy atom. The molecule has 11 nitrogen and oxygen atoms in total. The topological polar surface area (TPSA) is 157 Å².